The molecule has 1 aliphatic heterocycles. The maximum absolute atomic E-state index is 13.3. The molecule has 2 aliphatic rings. The smallest absolute Gasteiger partial charge is 0.219 e. The molecule has 1 aromatic heterocycles. The quantitative estimate of drug-likeness (QED) is 0.577. The summed E-state index contributed by atoms with van der Waals surface area (Å²) in [6.07, 6.45) is 1.04. The number of ketones is 1. The number of carbonyl (C=O) groups is 1. The highest BCUT2D eigenvalue weighted by Crippen LogP contribution is 2.43. The molecule has 2 atom stereocenters. The molecule has 7 nitrogen and oxygen atoms in total. The summed E-state index contributed by atoms with van der Waals surface area (Å²) in [5, 5.41) is 24.7. The normalized spacial score (nSPS) is 20.9. The molecular formula is C21H17ClN4O3. The molecule has 1 aliphatic carbocycles. The van der Waals surface area contributed by atoms with Gasteiger partial charge in [-0.3, -0.25) is 4.79 Å². The van der Waals surface area contributed by atoms with Gasteiger partial charge < -0.3 is 15.7 Å². The van der Waals surface area contributed by atoms with Gasteiger partial charge in [-0.05, 0) is 58.0 Å². The Kier molecular flexibility index (Phi) is 4.24. The number of carbonyl (C=O) groups excluding carboxylic acids is 1. The fourth-order valence-electron chi connectivity index (χ4n) is 3.99. The molecule has 5 rings (SSSR count). The number of nitrogens with zero attached hydrogens (tertiary/aromatic N) is 2. The third-order valence-electron chi connectivity index (χ3n) is 5.40. The largest absolute Gasteiger partial charge is 0.508 e. The van der Waals surface area contributed by atoms with Gasteiger partial charge in [-0.2, -0.15) is 0 Å². The molecule has 2 aromatic carbocycles. The number of phenols is 1. The van der Waals surface area contributed by atoms with Crippen molar-refractivity contribution in [2.45, 2.75) is 24.8 Å². The first kappa shape index (κ1) is 17.8. The van der Waals surface area contributed by atoms with E-state index in [0.717, 1.165) is 16.8 Å². The van der Waals surface area contributed by atoms with Crippen molar-refractivity contribution < 1.29 is 14.5 Å². The minimum absolute atomic E-state index is 0.0351. The summed E-state index contributed by atoms with van der Waals surface area (Å²) in [5.41, 5.74) is 3.35. The molecule has 0 bridgehead atoms. The van der Waals surface area contributed by atoms with E-state index in [1.807, 2.05) is 24.3 Å². The highest BCUT2D eigenvalue weighted by Gasteiger charge is 2.37. The van der Waals surface area contributed by atoms with Gasteiger partial charge >= 0.3 is 0 Å². The van der Waals surface area contributed by atoms with Gasteiger partial charge in [0.25, 0.3) is 0 Å². The van der Waals surface area contributed by atoms with Gasteiger partial charge in [0.2, 0.25) is 11.6 Å². The van der Waals surface area contributed by atoms with Gasteiger partial charge in [0.05, 0.1) is 6.04 Å². The van der Waals surface area contributed by atoms with Gasteiger partial charge in [0.1, 0.15) is 5.75 Å². The molecule has 2 heterocycles. The van der Waals surface area contributed by atoms with Crippen molar-refractivity contribution in [2.24, 2.45) is 0 Å². The van der Waals surface area contributed by atoms with Crippen molar-refractivity contribution in [2.75, 3.05) is 10.6 Å². The summed E-state index contributed by atoms with van der Waals surface area (Å²) >= 11 is 6.01. The first-order valence-electron chi connectivity index (χ1n) is 9.25. The third-order valence-corrected chi connectivity index (χ3v) is 5.66. The molecule has 0 radical (unpaired) electrons. The van der Waals surface area contributed by atoms with Crippen LogP contribution in [0.25, 0.3) is 0 Å². The van der Waals surface area contributed by atoms with Crippen molar-refractivity contribution in [1.29, 1.82) is 0 Å². The van der Waals surface area contributed by atoms with E-state index in [4.69, 9.17) is 16.2 Å². The Morgan fingerprint density at radius 3 is 2.41 bits per heavy atom. The molecule has 0 fully saturated rings. The summed E-state index contributed by atoms with van der Waals surface area (Å²) < 4.78 is 4.87. The predicted molar refractivity (Wildman–Crippen MR) is 108 cm³/mol. The van der Waals surface area contributed by atoms with E-state index in [0.29, 0.717) is 35.1 Å². The van der Waals surface area contributed by atoms with E-state index < -0.39 is 6.04 Å². The van der Waals surface area contributed by atoms with Crippen LogP contribution in [0.5, 0.6) is 5.75 Å². The van der Waals surface area contributed by atoms with E-state index in [-0.39, 0.29) is 17.5 Å². The molecule has 8 heteroatoms. The topological polar surface area (TPSA) is 100 Å². The maximum Gasteiger partial charge on any atom is 0.219 e. The van der Waals surface area contributed by atoms with Crippen molar-refractivity contribution in [3.8, 4) is 5.75 Å². The summed E-state index contributed by atoms with van der Waals surface area (Å²) in [5.74, 6) is 1.13. The minimum atomic E-state index is -0.426. The average molecular weight is 409 g/mol. The Morgan fingerprint density at radius 1 is 0.966 bits per heavy atom. The molecule has 0 unspecified atom stereocenters. The van der Waals surface area contributed by atoms with Crippen LogP contribution in [0.15, 0.2) is 64.4 Å². The monoisotopic (exact) mass is 408 g/mol. The molecule has 0 amide bonds. The average Bonchev–Trinajstić information content (AvgIpc) is 3.08. The number of allylic oxidation sites excluding steroid dienone is 1. The molecule has 3 N–H and O–H groups in total. The number of fused-ring (bicyclic) bond motifs is 1. The Bertz CT molecular complexity index is 1110. The number of halogens is 1. The zero-order chi connectivity index (χ0) is 20.0. The van der Waals surface area contributed by atoms with E-state index in [1.165, 1.54) is 0 Å². The van der Waals surface area contributed by atoms with Crippen molar-refractivity contribution in [3.05, 3.63) is 76.0 Å². The number of aromatic nitrogens is 2. The molecule has 29 heavy (non-hydrogen) atoms. The second-order valence-electron chi connectivity index (χ2n) is 7.23. The number of aromatic hydroxyl groups is 1. The third kappa shape index (κ3) is 3.23. The number of nitrogens with one attached hydrogen (secondary N) is 2. The highest BCUT2D eigenvalue weighted by molar-refractivity contribution is 6.30. The van der Waals surface area contributed by atoms with Crippen LogP contribution in [-0.2, 0) is 4.79 Å². The van der Waals surface area contributed by atoms with Gasteiger partial charge in [0.15, 0.2) is 5.78 Å². The zero-order valence-electron chi connectivity index (χ0n) is 15.2. The van der Waals surface area contributed by atoms with Gasteiger partial charge in [-0.15, -0.1) is 0 Å². The van der Waals surface area contributed by atoms with Crippen molar-refractivity contribution >= 4 is 29.0 Å². The van der Waals surface area contributed by atoms with Crippen LogP contribution >= 0.6 is 11.6 Å². The highest BCUT2D eigenvalue weighted by atomic mass is 35.5. The lowest BCUT2D eigenvalue weighted by Gasteiger charge is -2.29. The van der Waals surface area contributed by atoms with E-state index in [1.54, 1.807) is 24.3 Å². The summed E-state index contributed by atoms with van der Waals surface area (Å²) in [7, 11) is 0. The number of hydrogen-bond acceptors (Lipinski definition) is 7. The lowest BCUT2D eigenvalue weighted by Crippen LogP contribution is -2.27. The van der Waals surface area contributed by atoms with Crippen molar-refractivity contribution in [3.63, 3.8) is 0 Å². The fourth-order valence-corrected chi connectivity index (χ4v) is 4.11. The predicted octanol–water partition coefficient (Wildman–Crippen LogP) is 4.41. The Labute approximate surface area is 171 Å². The Hall–Kier alpha value is -3.32. The SMILES string of the molecule is O=C1C[C@H](c2ccc(Cl)cc2)CC2=C1[C@@H](c1ccc(O)cc1)Nc1nonc1N2. The van der Waals surface area contributed by atoms with Crippen LogP contribution in [0.2, 0.25) is 5.02 Å². The van der Waals surface area contributed by atoms with Gasteiger partial charge in [-0.1, -0.05) is 35.9 Å². The molecule has 0 spiro atoms. The van der Waals surface area contributed by atoms with Gasteiger partial charge in [0, 0.05) is 22.7 Å². The maximum atomic E-state index is 13.3. The first-order valence-corrected chi connectivity index (χ1v) is 9.63. The number of anilines is 2. The second kappa shape index (κ2) is 6.93. The van der Waals surface area contributed by atoms with E-state index in [9.17, 15) is 9.90 Å². The number of hydrogen-bond donors (Lipinski definition) is 3. The van der Waals surface area contributed by atoms with Crippen LogP contribution in [0.1, 0.15) is 35.9 Å². The van der Waals surface area contributed by atoms with Crippen LogP contribution in [0.3, 0.4) is 0 Å². The van der Waals surface area contributed by atoms with E-state index >= 15 is 0 Å². The van der Waals surface area contributed by atoms with Crippen molar-refractivity contribution in [1.82, 2.24) is 10.3 Å². The number of rotatable bonds is 2. The molecule has 3 aromatic rings. The zero-order valence-corrected chi connectivity index (χ0v) is 16.0. The number of phenolic OH excluding ortho intramolecular Hbond substituents is 1. The van der Waals surface area contributed by atoms with Crippen LogP contribution in [-0.4, -0.2) is 21.2 Å². The first-order chi connectivity index (χ1) is 14.1. The molecular weight excluding hydrogens is 392 g/mol. The number of benzene rings is 2. The Balaban J connectivity index is 1.58. The molecule has 0 saturated carbocycles. The summed E-state index contributed by atoms with van der Waals surface area (Å²) in [6, 6.07) is 13.9. The number of Topliss-reactive ketones (excluding diaryl/α,β-unsaturated/α-hetero) is 1. The summed E-state index contributed by atoms with van der Waals surface area (Å²) in [4.78, 5) is 13.3. The lowest BCUT2D eigenvalue weighted by atomic mass is 9.78. The standard InChI is InChI=1S/C21H17ClN4O3/c22-14-5-1-11(2-6-14)13-9-16-18(17(28)10-13)19(12-3-7-15(27)8-4-12)24-21-20(23-16)25-29-26-21/h1-8,13,19,27H,9-10H2,(H,23,25)(H,24,26)/t13-,19-/m1/s1. The molecule has 0 saturated heterocycles. The van der Waals surface area contributed by atoms with Crippen LogP contribution < -0.4 is 10.6 Å². The minimum Gasteiger partial charge on any atom is -0.508 e. The Morgan fingerprint density at radius 2 is 1.66 bits per heavy atom. The van der Waals surface area contributed by atoms with Crippen LogP contribution in [0, 0.1) is 0 Å². The molecule has 146 valence electrons. The second-order valence-corrected chi connectivity index (χ2v) is 7.66. The van der Waals surface area contributed by atoms with Gasteiger partial charge in [-0.25, -0.2) is 4.63 Å². The summed E-state index contributed by atoms with van der Waals surface area (Å²) in [6.45, 7) is 0. The lowest BCUT2D eigenvalue weighted by molar-refractivity contribution is -0.116. The van der Waals surface area contributed by atoms with E-state index in [2.05, 4.69) is 20.9 Å². The fraction of sp³-hybridized carbons (Fsp3) is 0.190. The van der Waals surface area contributed by atoms with Crippen LogP contribution in [0.4, 0.5) is 11.6 Å².